The largest absolute Gasteiger partial charge is 0.496 e. The minimum Gasteiger partial charge on any atom is -0.496 e. The fraction of sp³-hybridized carbons (Fsp3) is 0.583. The number of aromatic nitrogens is 2. The van der Waals surface area contributed by atoms with Gasteiger partial charge in [-0.2, -0.15) is 5.10 Å². The molecule has 3 rings (SSSR count). The Hall–Kier alpha value is -2.05. The highest BCUT2D eigenvalue weighted by molar-refractivity contribution is 6.36. The average Bonchev–Trinajstić information content (AvgIpc) is 3.10. The highest BCUT2D eigenvalue weighted by Gasteiger charge is 2.33. The van der Waals surface area contributed by atoms with E-state index in [9.17, 15) is 9.90 Å². The number of methoxy groups -OCH3 is 1. The second-order valence-electron chi connectivity index (χ2n) is 8.70. The summed E-state index contributed by atoms with van der Waals surface area (Å²) in [5, 5.41) is 18.4. The first-order valence-corrected chi connectivity index (χ1v) is 11.6. The van der Waals surface area contributed by atoms with Gasteiger partial charge in [0.05, 0.1) is 23.4 Å². The number of amides is 1. The number of rotatable bonds is 8. The van der Waals surface area contributed by atoms with Crippen LogP contribution < -0.4 is 10.1 Å². The highest BCUT2D eigenvalue weighted by Crippen LogP contribution is 2.38. The molecule has 0 spiro atoms. The van der Waals surface area contributed by atoms with Crippen molar-refractivity contribution in [3.05, 3.63) is 34.5 Å². The zero-order valence-corrected chi connectivity index (χ0v) is 19.8. The number of nitrogens with one attached hydrogen (secondary N) is 1. The Morgan fingerprint density at radius 2 is 2.06 bits per heavy atom. The predicted octanol–water partition coefficient (Wildman–Crippen LogP) is 4.86. The van der Waals surface area contributed by atoms with E-state index in [2.05, 4.69) is 30.3 Å². The minimum atomic E-state index is -0.858. The fourth-order valence-corrected chi connectivity index (χ4v) is 4.57. The second-order valence-corrected chi connectivity index (χ2v) is 9.08. The number of carbonyl (C=O) groups excluding carboxylic acids is 1. The van der Waals surface area contributed by atoms with E-state index >= 15 is 0 Å². The van der Waals surface area contributed by atoms with Gasteiger partial charge in [0.1, 0.15) is 5.75 Å². The van der Waals surface area contributed by atoms with Crippen molar-refractivity contribution in [3.63, 3.8) is 0 Å². The minimum absolute atomic E-state index is 0.172. The smallest absolute Gasteiger partial charge is 0.273 e. The fourth-order valence-electron chi connectivity index (χ4n) is 4.25. The van der Waals surface area contributed by atoms with E-state index in [1.807, 2.05) is 19.1 Å². The Bertz CT molecular complexity index is 917. The molecule has 0 bridgehead atoms. The van der Waals surface area contributed by atoms with E-state index in [-0.39, 0.29) is 18.1 Å². The van der Waals surface area contributed by atoms with Gasteiger partial charge < -0.3 is 15.2 Å². The van der Waals surface area contributed by atoms with Crippen molar-refractivity contribution in [2.24, 2.45) is 5.92 Å². The number of halogens is 1. The van der Waals surface area contributed by atoms with Gasteiger partial charge in [-0.3, -0.25) is 9.48 Å². The first-order valence-electron chi connectivity index (χ1n) is 11.3. The average molecular weight is 448 g/mol. The lowest BCUT2D eigenvalue weighted by molar-refractivity contribution is -0.00544. The lowest BCUT2D eigenvalue weighted by Gasteiger charge is -2.34. The van der Waals surface area contributed by atoms with E-state index < -0.39 is 5.60 Å². The third-order valence-electron chi connectivity index (χ3n) is 6.25. The van der Waals surface area contributed by atoms with Crippen molar-refractivity contribution in [3.8, 4) is 17.0 Å². The quantitative estimate of drug-likeness (QED) is 0.606. The van der Waals surface area contributed by atoms with Crippen molar-refractivity contribution < 1.29 is 14.6 Å². The van der Waals surface area contributed by atoms with E-state index in [1.54, 1.807) is 11.8 Å². The molecule has 1 saturated carbocycles. The number of carbonyl (C=O) groups is 1. The molecule has 2 N–H and O–H groups in total. The van der Waals surface area contributed by atoms with Crippen molar-refractivity contribution in [2.75, 3.05) is 13.7 Å². The van der Waals surface area contributed by atoms with E-state index in [0.717, 1.165) is 31.2 Å². The van der Waals surface area contributed by atoms with Gasteiger partial charge in [0.15, 0.2) is 5.69 Å². The molecular formula is C24H34ClN3O3. The summed E-state index contributed by atoms with van der Waals surface area (Å²) in [6, 6.07) is 6.05. The molecule has 31 heavy (non-hydrogen) atoms. The van der Waals surface area contributed by atoms with Gasteiger partial charge in [0.25, 0.3) is 5.91 Å². The number of nitrogens with zero attached hydrogens (tertiary/aromatic N) is 2. The molecule has 0 radical (unpaired) electrons. The molecule has 1 fully saturated rings. The zero-order chi connectivity index (χ0) is 22.6. The summed E-state index contributed by atoms with van der Waals surface area (Å²) < 4.78 is 7.35. The van der Waals surface area contributed by atoms with Gasteiger partial charge in [-0.1, -0.05) is 37.9 Å². The summed E-state index contributed by atoms with van der Waals surface area (Å²) >= 11 is 6.68. The van der Waals surface area contributed by atoms with Crippen LogP contribution in [0.2, 0.25) is 5.02 Å². The molecule has 1 aliphatic rings. The number of hydrogen-bond donors (Lipinski definition) is 2. The number of benzene rings is 1. The Balaban J connectivity index is 1.85. The van der Waals surface area contributed by atoms with E-state index in [0.29, 0.717) is 41.8 Å². The Morgan fingerprint density at radius 3 is 2.68 bits per heavy atom. The van der Waals surface area contributed by atoms with E-state index in [1.165, 1.54) is 5.56 Å². The van der Waals surface area contributed by atoms with Crippen molar-refractivity contribution >= 4 is 17.5 Å². The molecule has 1 heterocycles. The van der Waals surface area contributed by atoms with Crippen molar-refractivity contribution in [1.29, 1.82) is 0 Å². The summed E-state index contributed by atoms with van der Waals surface area (Å²) in [5.41, 5.74) is 1.98. The van der Waals surface area contributed by atoms with Crippen LogP contribution in [0.5, 0.6) is 5.75 Å². The van der Waals surface area contributed by atoms with Crippen molar-refractivity contribution in [2.45, 2.75) is 71.4 Å². The molecule has 170 valence electrons. The van der Waals surface area contributed by atoms with Crippen LogP contribution in [0.3, 0.4) is 0 Å². The third-order valence-corrected chi connectivity index (χ3v) is 6.61. The van der Waals surface area contributed by atoms with Gasteiger partial charge in [0.2, 0.25) is 0 Å². The molecule has 1 amide bonds. The second kappa shape index (κ2) is 10.0. The molecule has 1 aromatic heterocycles. The Kier molecular flexibility index (Phi) is 7.65. The summed E-state index contributed by atoms with van der Waals surface area (Å²) in [7, 11) is 1.63. The molecule has 0 atom stereocenters. The summed E-state index contributed by atoms with van der Waals surface area (Å²) in [6.45, 7) is 7.05. The third kappa shape index (κ3) is 5.24. The van der Waals surface area contributed by atoms with Crippen LogP contribution in [0.25, 0.3) is 11.3 Å². The molecule has 0 aliphatic heterocycles. The number of aliphatic hydroxyl groups is 1. The lowest BCUT2D eigenvalue weighted by atomic mass is 9.79. The van der Waals surface area contributed by atoms with Gasteiger partial charge in [0, 0.05) is 18.7 Å². The highest BCUT2D eigenvalue weighted by atomic mass is 35.5. The molecule has 0 unspecified atom stereocenters. The molecule has 1 aliphatic carbocycles. The van der Waals surface area contributed by atoms with Crippen LogP contribution in [-0.2, 0) is 13.0 Å². The Labute approximate surface area is 189 Å². The summed E-state index contributed by atoms with van der Waals surface area (Å²) in [6.07, 6.45) is 5.33. The van der Waals surface area contributed by atoms with Crippen LogP contribution in [0.4, 0.5) is 0 Å². The maximum atomic E-state index is 12.9. The lowest BCUT2D eigenvalue weighted by Crippen LogP contribution is -2.45. The molecule has 6 nitrogen and oxygen atoms in total. The van der Waals surface area contributed by atoms with Crippen molar-refractivity contribution in [1.82, 2.24) is 15.1 Å². The molecule has 2 aromatic rings. The summed E-state index contributed by atoms with van der Waals surface area (Å²) in [4.78, 5) is 12.9. The number of hydrogen-bond acceptors (Lipinski definition) is 4. The first kappa shape index (κ1) is 23.6. The van der Waals surface area contributed by atoms with Crippen LogP contribution >= 0.6 is 11.6 Å². The maximum absolute atomic E-state index is 12.9. The van der Waals surface area contributed by atoms with Crippen LogP contribution in [0, 0.1) is 5.92 Å². The van der Waals surface area contributed by atoms with Crippen LogP contribution in [-0.4, -0.2) is 40.0 Å². The van der Waals surface area contributed by atoms with E-state index in [4.69, 9.17) is 16.3 Å². The van der Waals surface area contributed by atoms with Gasteiger partial charge >= 0.3 is 0 Å². The molecular weight excluding hydrogens is 414 g/mol. The monoisotopic (exact) mass is 447 g/mol. The first-order chi connectivity index (χ1) is 14.8. The zero-order valence-electron chi connectivity index (χ0n) is 19.0. The van der Waals surface area contributed by atoms with Gasteiger partial charge in [-0.15, -0.1) is 0 Å². The van der Waals surface area contributed by atoms with Gasteiger partial charge in [-0.05, 0) is 62.6 Å². The molecule has 1 aromatic carbocycles. The Morgan fingerprint density at radius 1 is 1.35 bits per heavy atom. The molecule has 7 heteroatoms. The van der Waals surface area contributed by atoms with Gasteiger partial charge in [-0.25, -0.2) is 0 Å². The molecule has 0 saturated heterocycles. The van der Waals surface area contributed by atoms with Crippen LogP contribution in [0.1, 0.15) is 68.9 Å². The standard InChI is InChI=1S/C24H34ClN3O3/c1-5-7-17-8-9-18(19(14-17)31-4)22-20(25)21(27-28(22)6-2)23(29)26-15-24(30)12-10-16(3)11-13-24/h8-9,14,16,30H,5-7,10-13,15H2,1-4H3,(H,26,29). The SMILES string of the molecule is CCCc1ccc(-c2c(Cl)c(C(=O)NCC3(O)CCC(C)CC3)nn2CC)c(OC)c1. The number of ether oxygens (including phenoxy) is 1. The van der Waals surface area contributed by atoms with Crippen LogP contribution in [0.15, 0.2) is 18.2 Å². The normalized spacial score (nSPS) is 21.2. The summed E-state index contributed by atoms with van der Waals surface area (Å²) in [5.74, 6) is 0.957. The predicted molar refractivity (Wildman–Crippen MR) is 124 cm³/mol. The topological polar surface area (TPSA) is 76.4 Å². The maximum Gasteiger partial charge on any atom is 0.273 e. The number of aryl methyl sites for hydroxylation is 2.